The fourth-order valence-electron chi connectivity index (χ4n) is 6.03. The third-order valence-electron chi connectivity index (χ3n) is 8.04. The van der Waals surface area contributed by atoms with Crippen LogP contribution in [0.4, 0.5) is 0 Å². The minimum atomic E-state index is -1.85. The van der Waals surface area contributed by atoms with Crippen LogP contribution in [0, 0.1) is 16.7 Å². The SMILES string of the molecule is CC(=O)OC(C1[C@]2(O)CO[C@@H]2C[C@H](Cl)[C@@]1(C)C(=O)[C@@H](C)O)[C@]1(O)C[C@H](O)C(C)=CC1(C)C. The highest BCUT2D eigenvalue weighted by molar-refractivity contribution is 6.23. The first kappa shape index (κ1) is 25.6. The van der Waals surface area contributed by atoms with Gasteiger partial charge in [0.1, 0.15) is 23.4 Å². The van der Waals surface area contributed by atoms with Crippen LogP contribution in [0.2, 0.25) is 0 Å². The summed E-state index contributed by atoms with van der Waals surface area (Å²) in [6, 6.07) is 0. The number of esters is 1. The number of carbonyl (C=O) groups is 2. The van der Waals surface area contributed by atoms with Gasteiger partial charge in [-0.25, -0.2) is 0 Å². The number of halogens is 1. The van der Waals surface area contributed by atoms with E-state index in [0.29, 0.717) is 5.57 Å². The Bertz CT molecular complexity index is 825. The number of aliphatic hydroxyl groups excluding tert-OH is 2. The molecule has 3 aliphatic rings. The molecule has 3 rings (SSSR count). The second-order valence-corrected chi connectivity index (χ2v) is 11.1. The maximum Gasteiger partial charge on any atom is 0.303 e. The Balaban J connectivity index is 2.26. The second kappa shape index (κ2) is 8.03. The van der Waals surface area contributed by atoms with Crippen molar-refractivity contribution in [2.24, 2.45) is 16.7 Å². The van der Waals surface area contributed by atoms with Gasteiger partial charge in [-0.3, -0.25) is 9.59 Å². The van der Waals surface area contributed by atoms with Crippen molar-refractivity contribution in [1.82, 2.24) is 0 Å². The van der Waals surface area contributed by atoms with Gasteiger partial charge < -0.3 is 29.9 Å². The molecule has 1 heterocycles. The van der Waals surface area contributed by atoms with Gasteiger partial charge in [0.2, 0.25) is 0 Å². The number of hydrogen-bond donors (Lipinski definition) is 4. The predicted octanol–water partition coefficient (Wildman–Crippen LogP) is 1.10. The number of hydrogen-bond acceptors (Lipinski definition) is 8. The summed E-state index contributed by atoms with van der Waals surface area (Å²) in [4.78, 5) is 25.6. The van der Waals surface area contributed by atoms with E-state index in [2.05, 4.69) is 0 Å². The summed E-state index contributed by atoms with van der Waals surface area (Å²) in [6.07, 6.45) is -2.86. The molecular weight excluding hydrogens is 440 g/mol. The van der Waals surface area contributed by atoms with Crippen molar-refractivity contribution in [3.05, 3.63) is 11.6 Å². The number of Topliss-reactive ketones (excluding diaryl/α,β-unsaturated/α-hetero) is 1. The summed E-state index contributed by atoms with van der Waals surface area (Å²) in [5, 5.41) is 43.7. The highest BCUT2D eigenvalue weighted by atomic mass is 35.5. The number of rotatable bonds is 5. The van der Waals surface area contributed by atoms with Crippen LogP contribution in [-0.2, 0) is 19.1 Å². The number of fused-ring (bicyclic) bond motifs is 1. The van der Waals surface area contributed by atoms with E-state index >= 15 is 0 Å². The highest BCUT2D eigenvalue weighted by Crippen LogP contribution is 2.60. The standard InChI is InChI=1S/C23H35ClO8/c1-11-8-20(4,5)23(30,9-14(11)27)19(32-13(3)26)17-21(6,18(28)12(2)25)15(24)7-16-22(17,29)10-31-16/h8,12,14-17,19,25,27,29-30H,7,9-10H2,1-6H3/t12-,14+,15+,16-,17?,19?,21-,22+,23-/m1/s1. The molecule has 2 fully saturated rings. The lowest BCUT2D eigenvalue weighted by Crippen LogP contribution is -2.78. The fraction of sp³-hybridized carbons (Fsp3) is 0.826. The molecule has 0 spiro atoms. The average Bonchev–Trinajstić information content (AvgIpc) is 2.66. The van der Waals surface area contributed by atoms with Crippen molar-refractivity contribution < 1.29 is 39.5 Å². The molecule has 8 nitrogen and oxygen atoms in total. The lowest BCUT2D eigenvalue weighted by atomic mass is 9.49. The zero-order valence-electron chi connectivity index (χ0n) is 19.5. The lowest BCUT2D eigenvalue weighted by molar-refractivity contribution is -0.327. The minimum Gasteiger partial charge on any atom is -0.459 e. The smallest absolute Gasteiger partial charge is 0.303 e. The Hall–Kier alpha value is -1.03. The Morgan fingerprint density at radius 3 is 2.34 bits per heavy atom. The van der Waals surface area contributed by atoms with E-state index in [1.165, 1.54) is 20.8 Å². The Labute approximate surface area is 193 Å². The molecule has 2 unspecified atom stereocenters. The molecule has 9 heteroatoms. The van der Waals surface area contributed by atoms with Crippen LogP contribution in [0.25, 0.3) is 0 Å². The first-order valence-electron chi connectivity index (χ1n) is 11.0. The molecule has 0 amide bonds. The zero-order chi connectivity index (χ0) is 24.4. The van der Waals surface area contributed by atoms with E-state index in [4.69, 9.17) is 21.1 Å². The van der Waals surface area contributed by atoms with E-state index in [9.17, 15) is 30.0 Å². The van der Waals surface area contributed by atoms with Crippen molar-refractivity contribution in [3.8, 4) is 0 Å². The molecule has 0 aromatic rings. The van der Waals surface area contributed by atoms with Crippen LogP contribution < -0.4 is 0 Å². The van der Waals surface area contributed by atoms with Crippen LogP contribution >= 0.6 is 11.6 Å². The van der Waals surface area contributed by atoms with Gasteiger partial charge in [0.05, 0.1) is 24.2 Å². The third kappa shape index (κ3) is 3.54. The van der Waals surface area contributed by atoms with Gasteiger partial charge >= 0.3 is 5.97 Å². The summed E-state index contributed by atoms with van der Waals surface area (Å²) >= 11 is 6.69. The van der Waals surface area contributed by atoms with Crippen molar-refractivity contribution in [3.63, 3.8) is 0 Å². The fourth-order valence-corrected chi connectivity index (χ4v) is 6.43. The maximum absolute atomic E-state index is 13.3. The Kier molecular flexibility index (Phi) is 6.42. The van der Waals surface area contributed by atoms with Gasteiger partial charge in [-0.05, 0) is 25.8 Å². The minimum absolute atomic E-state index is 0.139. The second-order valence-electron chi connectivity index (χ2n) is 10.6. The molecule has 1 saturated carbocycles. The van der Waals surface area contributed by atoms with Crippen LogP contribution in [0.1, 0.15) is 54.4 Å². The molecule has 2 aliphatic carbocycles. The van der Waals surface area contributed by atoms with Gasteiger partial charge in [0.25, 0.3) is 0 Å². The van der Waals surface area contributed by atoms with Gasteiger partial charge in [-0.2, -0.15) is 0 Å². The van der Waals surface area contributed by atoms with Crippen LogP contribution in [0.15, 0.2) is 11.6 Å². The van der Waals surface area contributed by atoms with Gasteiger partial charge in [0, 0.05) is 30.1 Å². The Morgan fingerprint density at radius 1 is 1.28 bits per heavy atom. The molecule has 0 radical (unpaired) electrons. The first-order chi connectivity index (χ1) is 14.5. The van der Waals surface area contributed by atoms with E-state index in [1.54, 1.807) is 26.8 Å². The Morgan fingerprint density at radius 2 is 1.88 bits per heavy atom. The lowest BCUT2D eigenvalue weighted by Gasteiger charge is -2.64. The molecule has 0 aromatic heterocycles. The van der Waals surface area contributed by atoms with E-state index < -0.39 is 69.5 Å². The van der Waals surface area contributed by atoms with Crippen molar-refractivity contribution in [1.29, 1.82) is 0 Å². The normalized spacial score (nSPS) is 45.0. The van der Waals surface area contributed by atoms with Crippen LogP contribution in [0.3, 0.4) is 0 Å². The zero-order valence-corrected chi connectivity index (χ0v) is 20.2. The molecule has 0 aromatic carbocycles. The van der Waals surface area contributed by atoms with Crippen LogP contribution in [-0.4, -0.2) is 79.8 Å². The summed E-state index contributed by atoms with van der Waals surface area (Å²) in [7, 11) is 0. The van der Waals surface area contributed by atoms with E-state index in [0.717, 1.165) is 0 Å². The molecule has 1 aliphatic heterocycles. The number of carbonyl (C=O) groups excluding carboxylic acids is 2. The maximum atomic E-state index is 13.3. The molecule has 1 saturated heterocycles. The van der Waals surface area contributed by atoms with Gasteiger partial charge in [-0.1, -0.05) is 26.8 Å². The molecule has 0 bridgehead atoms. The number of alkyl halides is 1. The molecular formula is C23H35ClO8. The number of ketones is 1. The number of ether oxygens (including phenoxy) is 2. The summed E-state index contributed by atoms with van der Waals surface area (Å²) in [5.41, 5.74) is -5.38. The largest absolute Gasteiger partial charge is 0.459 e. The highest BCUT2D eigenvalue weighted by Gasteiger charge is 2.73. The molecule has 182 valence electrons. The predicted molar refractivity (Wildman–Crippen MR) is 116 cm³/mol. The topological polar surface area (TPSA) is 134 Å². The van der Waals surface area contributed by atoms with Crippen molar-refractivity contribution in [2.45, 2.75) is 95.4 Å². The molecule has 32 heavy (non-hydrogen) atoms. The van der Waals surface area contributed by atoms with E-state index in [-0.39, 0.29) is 19.4 Å². The summed E-state index contributed by atoms with van der Waals surface area (Å²) in [6.45, 7) is 9.12. The van der Waals surface area contributed by atoms with Crippen molar-refractivity contribution in [2.75, 3.05) is 6.61 Å². The van der Waals surface area contributed by atoms with E-state index in [1.807, 2.05) is 0 Å². The van der Waals surface area contributed by atoms with Crippen LogP contribution in [0.5, 0.6) is 0 Å². The van der Waals surface area contributed by atoms with Crippen molar-refractivity contribution >= 4 is 23.4 Å². The monoisotopic (exact) mass is 474 g/mol. The summed E-state index contributed by atoms with van der Waals surface area (Å²) in [5.74, 6) is -2.54. The quantitative estimate of drug-likeness (QED) is 0.264. The first-order valence-corrected chi connectivity index (χ1v) is 11.4. The van der Waals surface area contributed by atoms with Gasteiger partial charge in [-0.15, -0.1) is 11.6 Å². The molecule has 4 N–H and O–H groups in total. The average molecular weight is 475 g/mol. The third-order valence-corrected chi connectivity index (χ3v) is 8.67. The number of aliphatic hydroxyl groups is 4. The van der Waals surface area contributed by atoms with Gasteiger partial charge in [0.15, 0.2) is 5.78 Å². The molecule has 9 atom stereocenters. The summed E-state index contributed by atoms with van der Waals surface area (Å²) < 4.78 is 11.3.